The normalized spacial score (nSPS) is 10.2. The van der Waals surface area contributed by atoms with E-state index in [0.717, 1.165) is 11.3 Å². The number of carbonyl (C=O) groups is 2. The van der Waals surface area contributed by atoms with E-state index in [9.17, 15) is 9.59 Å². The summed E-state index contributed by atoms with van der Waals surface area (Å²) >= 11 is 12.1. The van der Waals surface area contributed by atoms with Crippen molar-refractivity contribution in [1.29, 1.82) is 0 Å². The summed E-state index contributed by atoms with van der Waals surface area (Å²) in [5.74, 6) is 0.138. The Hall–Kier alpha value is -2.24. The van der Waals surface area contributed by atoms with Gasteiger partial charge >= 0.3 is 0 Å². The van der Waals surface area contributed by atoms with Crippen LogP contribution in [0.2, 0.25) is 10.0 Å². The average molecular weight is 381 g/mol. The molecule has 0 radical (unpaired) electrons. The maximum Gasteiger partial charge on any atom is 0.244 e. The molecule has 132 valence electrons. The molecule has 1 N–H and O–H groups in total. The van der Waals surface area contributed by atoms with Crippen LogP contribution in [0.5, 0.6) is 5.75 Å². The lowest BCUT2D eigenvalue weighted by Crippen LogP contribution is -2.36. The minimum absolute atomic E-state index is 0.108. The van der Waals surface area contributed by atoms with E-state index in [1.165, 1.54) is 11.8 Å². The molecule has 2 aromatic rings. The fourth-order valence-corrected chi connectivity index (χ4v) is 2.69. The highest BCUT2D eigenvalue weighted by Crippen LogP contribution is 2.29. The highest BCUT2D eigenvalue weighted by atomic mass is 35.5. The van der Waals surface area contributed by atoms with E-state index in [2.05, 4.69) is 5.32 Å². The van der Waals surface area contributed by atoms with Crippen LogP contribution in [-0.2, 0) is 16.1 Å². The predicted octanol–water partition coefficient (Wildman–Crippen LogP) is 3.99. The smallest absolute Gasteiger partial charge is 0.244 e. The van der Waals surface area contributed by atoms with Crippen LogP contribution in [0.4, 0.5) is 5.69 Å². The van der Waals surface area contributed by atoms with Gasteiger partial charge in [0.25, 0.3) is 0 Å². The highest BCUT2D eigenvalue weighted by molar-refractivity contribution is 6.39. The molecule has 2 amide bonds. The van der Waals surface area contributed by atoms with Crippen LogP contribution < -0.4 is 10.1 Å². The van der Waals surface area contributed by atoms with Crippen molar-refractivity contribution in [2.45, 2.75) is 13.5 Å². The summed E-state index contributed by atoms with van der Waals surface area (Å²) in [7, 11) is 1.58. The Labute approximate surface area is 156 Å². The van der Waals surface area contributed by atoms with Gasteiger partial charge in [0, 0.05) is 13.5 Å². The summed E-state index contributed by atoms with van der Waals surface area (Å²) in [5, 5.41) is 3.33. The Morgan fingerprint density at radius 3 is 2.20 bits per heavy atom. The van der Waals surface area contributed by atoms with Crippen LogP contribution in [-0.4, -0.2) is 30.4 Å². The van der Waals surface area contributed by atoms with Crippen molar-refractivity contribution >= 4 is 40.7 Å². The van der Waals surface area contributed by atoms with E-state index >= 15 is 0 Å². The zero-order chi connectivity index (χ0) is 18.4. The summed E-state index contributed by atoms with van der Waals surface area (Å²) in [6.45, 7) is 1.62. The van der Waals surface area contributed by atoms with Crippen LogP contribution >= 0.6 is 23.2 Å². The fraction of sp³-hybridized carbons (Fsp3) is 0.222. The summed E-state index contributed by atoms with van der Waals surface area (Å²) < 4.78 is 5.11. The Balaban J connectivity index is 2.05. The van der Waals surface area contributed by atoms with E-state index in [1.54, 1.807) is 37.4 Å². The molecule has 0 saturated heterocycles. The van der Waals surface area contributed by atoms with Crippen LogP contribution in [0.3, 0.4) is 0 Å². The Morgan fingerprint density at radius 2 is 1.68 bits per heavy atom. The number of methoxy groups -OCH3 is 1. The third-order valence-corrected chi connectivity index (χ3v) is 4.17. The van der Waals surface area contributed by atoms with Gasteiger partial charge in [-0.05, 0) is 29.8 Å². The van der Waals surface area contributed by atoms with E-state index in [1.807, 2.05) is 12.1 Å². The second kappa shape index (κ2) is 8.74. The molecule has 0 aliphatic heterocycles. The minimum atomic E-state index is -0.376. The van der Waals surface area contributed by atoms with Crippen LogP contribution in [0.25, 0.3) is 0 Å². The first-order valence-electron chi connectivity index (χ1n) is 7.53. The third-order valence-electron chi connectivity index (χ3n) is 3.54. The SMILES string of the molecule is COc1ccc(CN(CC(=O)Nc2c(Cl)cccc2Cl)C(C)=O)cc1. The number of anilines is 1. The Kier molecular flexibility index (Phi) is 6.67. The van der Waals surface area contributed by atoms with Crippen LogP contribution in [0.15, 0.2) is 42.5 Å². The first-order chi connectivity index (χ1) is 11.9. The summed E-state index contributed by atoms with van der Waals surface area (Å²) in [6, 6.07) is 12.2. The number of hydrogen-bond acceptors (Lipinski definition) is 3. The first-order valence-corrected chi connectivity index (χ1v) is 8.28. The van der Waals surface area contributed by atoms with Crippen molar-refractivity contribution < 1.29 is 14.3 Å². The molecule has 0 aliphatic carbocycles. The molecule has 0 atom stereocenters. The van der Waals surface area contributed by atoms with Crippen molar-refractivity contribution in [1.82, 2.24) is 4.90 Å². The van der Waals surface area contributed by atoms with Crippen LogP contribution in [0.1, 0.15) is 12.5 Å². The number of para-hydroxylation sites is 1. The summed E-state index contributed by atoms with van der Waals surface area (Å²) in [4.78, 5) is 25.6. The van der Waals surface area contributed by atoms with E-state index < -0.39 is 0 Å². The molecule has 2 aromatic carbocycles. The van der Waals surface area contributed by atoms with Crippen molar-refractivity contribution in [3.63, 3.8) is 0 Å². The van der Waals surface area contributed by atoms with E-state index in [4.69, 9.17) is 27.9 Å². The van der Waals surface area contributed by atoms with Gasteiger partial charge in [-0.15, -0.1) is 0 Å². The van der Waals surface area contributed by atoms with Gasteiger partial charge in [0.05, 0.1) is 22.8 Å². The molecule has 0 aliphatic rings. The maximum atomic E-state index is 12.3. The lowest BCUT2D eigenvalue weighted by Gasteiger charge is -2.21. The number of carbonyl (C=O) groups excluding carboxylic acids is 2. The van der Waals surface area contributed by atoms with Gasteiger partial charge in [-0.25, -0.2) is 0 Å². The monoisotopic (exact) mass is 380 g/mol. The molecule has 25 heavy (non-hydrogen) atoms. The molecule has 0 saturated carbocycles. The minimum Gasteiger partial charge on any atom is -0.497 e. The average Bonchev–Trinajstić information content (AvgIpc) is 2.58. The van der Waals surface area contributed by atoms with Gasteiger partial charge in [-0.1, -0.05) is 41.4 Å². The van der Waals surface area contributed by atoms with Crippen molar-refractivity contribution in [2.24, 2.45) is 0 Å². The zero-order valence-corrected chi connectivity index (χ0v) is 15.4. The molecule has 0 heterocycles. The van der Waals surface area contributed by atoms with Crippen molar-refractivity contribution in [2.75, 3.05) is 19.0 Å². The molecule has 2 rings (SSSR count). The quantitative estimate of drug-likeness (QED) is 0.823. The Morgan fingerprint density at radius 1 is 1.08 bits per heavy atom. The van der Waals surface area contributed by atoms with E-state index in [0.29, 0.717) is 22.3 Å². The molecule has 7 heteroatoms. The molecular formula is C18H18Cl2N2O3. The maximum absolute atomic E-state index is 12.3. The molecule has 0 aromatic heterocycles. The standard InChI is InChI=1S/C18H18Cl2N2O3/c1-12(23)22(10-13-6-8-14(25-2)9-7-13)11-17(24)21-18-15(19)4-3-5-16(18)20/h3-9H,10-11H2,1-2H3,(H,21,24). The molecular weight excluding hydrogens is 363 g/mol. The molecule has 5 nitrogen and oxygen atoms in total. The third kappa shape index (κ3) is 5.37. The number of halogens is 2. The number of nitrogens with one attached hydrogen (secondary N) is 1. The lowest BCUT2D eigenvalue weighted by molar-refractivity contribution is -0.133. The number of ether oxygens (including phenoxy) is 1. The zero-order valence-electron chi connectivity index (χ0n) is 13.9. The second-order valence-corrected chi connectivity index (χ2v) is 6.18. The van der Waals surface area contributed by atoms with Crippen molar-refractivity contribution in [3.8, 4) is 5.75 Å². The molecule has 0 spiro atoms. The fourth-order valence-electron chi connectivity index (χ4n) is 2.20. The summed E-state index contributed by atoms with van der Waals surface area (Å²) in [6.07, 6.45) is 0. The lowest BCUT2D eigenvalue weighted by atomic mass is 10.2. The van der Waals surface area contributed by atoms with Gasteiger partial charge in [0.1, 0.15) is 12.3 Å². The molecule has 0 fully saturated rings. The molecule has 0 unspecified atom stereocenters. The predicted molar refractivity (Wildman–Crippen MR) is 99.2 cm³/mol. The first kappa shape index (κ1) is 19.1. The largest absolute Gasteiger partial charge is 0.497 e. The van der Waals surface area contributed by atoms with Gasteiger partial charge < -0.3 is 15.0 Å². The molecule has 0 bridgehead atoms. The number of nitrogens with zero attached hydrogens (tertiary/aromatic N) is 1. The number of rotatable bonds is 6. The van der Waals surface area contributed by atoms with Gasteiger partial charge in [-0.3, -0.25) is 9.59 Å². The van der Waals surface area contributed by atoms with Gasteiger partial charge in [-0.2, -0.15) is 0 Å². The topological polar surface area (TPSA) is 58.6 Å². The highest BCUT2D eigenvalue weighted by Gasteiger charge is 2.16. The second-order valence-electron chi connectivity index (χ2n) is 5.37. The number of amides is 2. The Bertz CT molecular complexity index is 743. The van der Waals surface area contributed by atoms with Gasteiger partial charge in [0.15, 0.2) is 0 Å². The summed E-state index contributed by atoms with van der Waals surface area (Å²) in [5.41, 5.74) is 1.23. The number of hydrogen-bond donors (Lipinski definition) is 1. The van der Waals surface area contributed by atoms with Gasteiger partial charge in [0.2, 0.25) is 11.8 Å². The van der Waals surface area contributed by atoms with Crippen LogP contribution in [0, 0.1) is 0 Å². The van der Waals surface area contributed by atoms with E-state index in [-0.39, 0.29) is 18.4 Å². The van der Waals surface area contributed by atoms with Crippen molar-refractivity contribution in [3.05, 3.63) is 58.1 Å². The number of benzene rings is 2.